The summed E-state index contributed by atoms with van der Waals surface area (Å²) >= 11 is 0. The molecule has 0 bridgehead atoms. The summed E-state index contributed by atoms with van der Waals surface area (Å²) < 4.78 is 54.3. The van der Waals surface area contributed by atoms with Gasteiger partial charge in [0.05, 0.1) is 5.56 Å². The molecular weight excluding hydrogens is 214 g/mol. The minimum Gasteiger partial charge on any atom is -0.489 e. The van der Waals surface area contributed by atoms with Gasteiger partial charge in [0.2, 0.25) is 0 Å². The maximum atomic E-state index is 12.9. The van der Waals surface area contributed by atoms with Gasteiger partial charge in [-0.3, -0.25) is 0 Å². The van der Waals surface area contributed by atoms with Crippen molar-refractivity contribution in [2.75, 3.05) is 13.2 Å². The van der Waals surface area contributed by atoms with Gasteiger partial charge in [-0.05, 0) is 18.2 Å². The fourth-order valence-electron chi connectivity index (χ4n) is 0.959. The molecule has 0 unspecified atom stereocenters. The van der Waals surface area contributed by atoms with Gasteiger partial charge >= 0.3 is 6.18 Å². The molecule has 0 spiro atoms. The summed E-state index contributed by atoms with van der Waals surface area (Å²) in [5.74, 6) is -1.27. The number of hydrogen-bond donors (Lipinski definition) is 1. The van der Waals surface area contributed by atoms with Crippen molar-refractivity contribution in [1.82, 2.24) is 0 Å². The molecule has 0 amide bonds. The van der Waals surface area contributed by atoms with Gasteiger partial charge in [-0.1, -0.05) is 0 Å². The van der Waals surface area contributed by atoms with Crippen LogP contribution in [0.3, 0.4) is 0 Å². The lowest BCUT2D eigenvalue weighted by molar-refractivity contribution is -0.137. The van der Waals surface area contributed by atoms with Gasteiger partial charge in [0.15, 0.2) is 11.6 Å². The first-order chi connectivity index (χ1) is 6.95. The molecule has 0 aliphatic heterocycles. The zero-order chi connectivity index (χ0) is 11.5. The summed E-state index contributed by atoms with van der Waals surface area (Å²) in [5, 5.41) is 0. The second-order valence-corrected chi connectivity index (χ2v) is 2.78. The molecule has 1 aromatic rings. The third-order valence-corrected chi connectivity index (χ3v) is 1.63. The Balaban J connectivity index is 2.95. The molecule has 0 heterocycles. The van der Waals surface area contributed by atoms with Crippen LogP contribution in [0.2, 0.25) is 0 Å². The van der Waals surface area contributed by atoms with E-state index in [1.54, 1.807) is 0 Å². The Morgan fingerprint density at radius 3 is 2.47 bits per heavy atom. The summed E-state index contributed by atoms with van der Waals surface area (Å²) in [6.07, 6.45) is -4.51. The van der Waals surface area contributed by atoms with Crippen LogP contribution in [0.5, 0.6) is 5.75 Å². The minimum atomic E-state index is -4.51. The van der Waals surface area contributed by atoms with Crippen molar-refractivity contribution in [2.45, 2.75) is 6.18 Å². The third kappa shape index (κ3) is 3.09. The van der Waals surface area contributed by atoms with E-state index in [1.165, 1.54) is 0 Å². The largest absolute Gasteiger partial charge is 0.489 e. The lowest BCUT2D eigenvalue weighted by Gasteiger charge is -2.10. The fourth-order valence-corrected chi connectivity index (χ4v) is 0.959. The van der Waals surface area contributed by atoms with Crippen molar-refractivity contribution in [3.8, 4) is 5.75 Å². The predicted octanol–water partition coefficient (Wildman–Crippen LogP) is 2.18. The van der Waals surface area contributed by atoms with Crippen LogP contribution in [0.1, 0.15) is 5.56 Å². The van der Waals surface area contributed by atoms with Crippen molar-refractivity contribution in [3.05, 3.63) is 29.6 Å². The summed E-state index contributed by atoms with van der Waals surface area (Å²) in [5.41, 5.74) is 4.13. The first-order valence-electron chi connectivity index (χ1n) is 4.15. The van der Waals surface area contributed by atoms with Gasteiger partial charge in [0.25, 0.3) is 0 Å². The van der Waals surface area contributed by atoms with Gasteiger partial charge in [-0.2, -0.15) is 13.2 Å². The van der Waals surface area contributed by atoms with Crippen molar-refractivity contribution in [1.29, 1.82) is 0 Å². The first-order valence-corrected chi connectivity index (χ1v) is 4.15. The molecule has 2 nitrogen and oxygen atoms in total. The van der Waals surface area contributed by atoms with Gasteiger partial charge in [0, 0.05) is 6.54 Å². The highest BCUT2D eigenvalue weighted by atomic mass is 19.4. The van der Waals surface area contributed by atoms with Gasteiger partial charge in [-0.15, -0.1) is 0 Å². The summed E-state index contributed by atoms with van der Waals surface area (Å²) in [6, 6.07) is 1.99. The third-order valence-electron chi connectivity index (χ3n) is 1.63. The van der Waals surface area contributed by atoms with E-state index in [0.717, 1.165) is 0 Å². The number of nitrogens with two attached hydrogens (primary N) is 1. The Hall–Kier alpha value is -1.30. The van der Waals surface area contributed by atoms with Crippen molar-refractivity contribution in [2.24, 2.45) is 5.73 Å². The number of halogens is 4. The molecule has 84 valence electrons. The Bertz CT molecular complexity index is 337. The molecule has 2 N–H and O–H groups in total. The quantitative estimate of drug-likeness (QED) is 0.797. The highest BCUT2D eigenvalue weighted by molar-refractivity contribution is 5.31. The highest BCUT2D eigenvalue weighted by Crippen LogP contribution is 2.32. The fraction of sp³-hybridized carbons (Fsp3) is 0.333. The Kier molecular flexibility index (Phi) is 3.52. The molecule has 1 aromatic carbocycles. The van der Waals surface area contributed by atoms with E-state index in [1.807, 2.05) is 0 Å². The molecule has 0 fully saturated rings. The van der Waals surface area contributed by atoms with Crippen LogP contribution in [0, 0.1) is 5.82 Å². The Labute approximate surface area is 83.6 Å². The number of ether oxygens (including phenoxy) is 1. The van der Waals surface area contributed by atoms with E-state index in [4.69, 9.17) is 10.5 Å². The van der Waals surface area contributed by atoms with Crippen molar-refractivity contribution < 1.29 is 22.3 Å². The van der Waals surface area contributed by atoms with E-state index in [0.29, 0.717) is 18.2 Å². The SMILES string of the molecule is NCCOc1cc(C(F)(F)F)ccc1F. The van der Waals surface area contributed by atoms with E-state index in [-0.39, 0.29) is 13.2 Å². The van der Waals surface area contributed by atoms with Gasteiger partial charge < -0.3 is 10.5 Å². The number of alkyl halides is 3. The van der Waals surface area contributed by atoms with Crippen LogP contribution in [0.15, 0.2) is 18.2 Å². The second-order valence-electron chi connectivity index (χ2n) is 2.78. The maximum Gasteiger partial charge on any atom is 0.416 e. The summed E-state index contributed by atoms with van der Waals surface area (Å²) in [4.78, 5) is 0. The van der Waals surface area contributed by atoms with Crippen molar-refractivity contribution in [3.63, 3.8) is 0 Å². The van der Waals surface area contributed by atoms with Crippen LogP contribution < -0.4 is 10.5 Å². The molecule has 15 heavy (non-hydrogen) atoms. The molecule has 6 heteroatoms. The van der Waals surface area contributed by atoms with Gasteiger partial charge in [-0.25, -0.2) is 4.39 Å². The maximum absolute atomic E-state index is 12.9. The molecule has 0 aliphatic carbocycles. The first kappa shape index (κ1) is 11.8. The average molecular weight is 223 g/mol. The molecule has 0 aromatic heterocycles. The Morgan fingerprint density at radius 2 is 1.93 bits per heavy atom. The smallest absolute Gasteiger partial charge is 0.416 e. The van der Waals surface area contributed by atoms with Crippen molar-refractivity contribution >= 4 is 0 Å². The summed E-state index contributed by atoms with van der Waals surface area (Å²) in [7, 11) is 0. The summed E-state index contributed by atoms with van der Waals surface area (Å²) in [6.45, 7) is 0.0773. The zero-order valence-corrected chi connectivity index (χ0v) is 7.64. The molecule has 0 radical (unpaired) electrons. The molecule has 1 rings (SSSR count). The predicted molar refractivity (Wildman–Crippen MR) is 46.0 cm³/mol. The molecule has 0 saturated heterocycles. The standard InChI is InChI=1S/C9H9F4NO/c10-7-2-1-6(9(11,12)13)5-8(7)15-4-3-14/h1-2,5H,3-4,14H2. The van der Waals surface area contributed by atoms with E-state index < -0.39 is 23.3 Å². The van der Waals surface area contributed by atoms with E-state index in [2.05, 4.69) is 0 Å². The van der Waals surface area contributed by atoms with Crippen LogP contribution in [-0.4, -0.2) is 13.2 Å². The van der Waals surface area contributed by atoms with Crippen LogP contribution in [0.25, 0.3) is 0 Å². The van der Waals surface area contributed by atoms with Crippen LogP contribution in [-0.2, 0) is 6.18 Å². The normalized spacial score (nSPS) is 11.5. The monoisotopic (exact) mass is 223 g/mol. The average Bonchev–Trinajstić information content (AvgIpc) is 2.15. The van der Waals surface area contributed by atoms with Crippen LogP contribution in [0.4, 0.5) is 17.6 Å². The lowest BCUT2D eigenvalue weighted by Crippen LogP contribution is -2.12. The Morgan fingerprint density at radius 1 is 1.27 bits per heavy atom. The number of rotatable bonds is 3. The molecule has 0 aliphatic rings. The number of benzene rings is 1. The molecular formula is C9H9F4NO. The highest BCUT2D eigenvalue weighted by Gasteiger charge is 2.31. The lowest BCUT2D eigenvalue weighted by atomic mass is 10.2. The minimum absolute atomic E-state index is 0.0295. The number of hydrogen-bond acceptors (Lipinski definition) is 2. The van der Waals surface area contributed by atoms with Crippen LogP contribution >= 0.6 is 0 Å². The second kappa shape index (κ2) is 4.48. The zero-order valence-electron chi connectivity index (χ0n) is 7.64. The topological polar surface area (TPSA) is 35.2 Å². The van der Waals surface area contributed by atoms with Gasteiger partial charge in [0.1, 0.15) is 6.61 Å². The molecule has 0 saturated carbocycles. The molecule has 0 atom stereocenters. The van der Waals surface area contributed by atoms with E-state index in [9.17, 15) is 17.6 Å². The van der Waals surface area contributed by atoms with E-state index >= 15 is 0 Å².